The van der Waals surface area contributed by atoms with E-state index in [1.807, 2.05) is 4.90 Å². The molecule has 1 saturated heterocycles. The Morgan fingerprint density at radius 2 is 2.33 bits per heavy atom. The fraction of sp³-hybridized carbons (Fsp3) is 0.538. The second-order valence-corrected chi connectivity index (χ2v) is 4.78. The van der Waals surface area contributed by atoms with Gasteiger partial charge in [-0.25, -0.2) is 4.98 Å². The molecular weight excluding hydrogens is 228 g/mol. The van der Waals surface area contributed by atoms with E-state index in [0.29, 0.717) is 24.0 Å². The minimum atomic E-state index is -0.0241. The summed E-state index contributed by atoms with van der Waals surface area (Å²) < 4.78 is 0. The Balaban J connectivity index is 2.04. The molecule has 1 aliphatic heterocycles. The molecular formula is C13H20N4O. The van der Waals surface area contributed by atoms with E-state index >= 15 is 0 Å². The number of anilines is 1. The van der Waals surface area contributed by atoms with Crippen LogP contribution >= 0.6 is 0 Å². The number of rotatable bonds is 3. The van der Waals surface area contributed by atoms with Gasteiger partial charge >= 0.3 is 0 Å². The number of nitrogens with zero attached hydrogens (tertiary/aromatic N) is 2. The molecule has 4 N–H and O–H groups in total. The number of hydrogen-bond acceptors (Lipinski definition) is 4. The van der Waals surface area contributed by atoms with Crippen LogP contribution in [0.2, 0.25) is 0 Å². The topological polar surface area (TPSA) is 85.2 Å². The smallest absolute Gasteiger partial charge is 0.272 e. The first-order valence-electron chi connectivity index (χ1n) is 6.42. The molecule has 1 aromatic rings. The van der Waals surface area contributed by atoms with Crippen molar-refractivity contribution in [1.82, 2.24) is 9.88 Å². The Labute approximate surface area is 107 Å². The van der Waals surface area contributed by atoms with Crippen molar-refractivity contribution in [1.29, 1.82) is 0 Å². The third kappa shape index (κ3) is 2.98. The lowest BCUT2D eigenvalue weighted by atomic mass is 9.94. The summed E-state index contributed by atoms with van der Waals surface area (Å²) in [5, 5.41) is 0. The highest BCUT2D eigenvalue weighted by Crippen LogP contribution is 2.20. The third-order valence-corrected chi connectivity index (χ3v) is 3.37. The molecule has 0 radical (unpaired) electrons. The van der Waals surface area contributed by atoms with Crippen LogP contribution in [0.15, 0.2) is 18.2 Å². The maximum absolute atomic E-state index is 12.3. The van der Waals surface area contributed by atoms with E-state index in [9.17, 15) is 4.79 Å². The lowest BCUT2D eigenvalue weighted by Gasteiger charge is -2.32. The SMILES string of the molecule is NCCC1CCCN(C(=O)c2cccc(N)n2)C1. The molecule has 0 spiro atoms. The van der Waals surface area contributed by atoms with Gasteiger partial charge in [-0.15, -0.1) is 0 Å². The predicted molar refractivity (Wildman–Crippen MR) is 70.9 cm³/mol. The Morgan fingerprint density at radius 3 is 3.06 bits per heavy atom. The van der Waals surface area contributed by atoms with Crippen LogP contribution < -0.4 is 11.5 Å². The van der Waals surface area contributed by atoms with E-state index in [1.54, 1.807) is 18.2 Å². The maximum atomic E-state index is 12.3. The number of hydrogen-bond donors (Lipinski definition) is 2. The van der Waals surface area contributed by atoms with Gasteiger partial charge < -0.3 is 16.4 Å². The average Bonchev–Trinajstić information content (AvgIpc) is 2.39. The number of carbonyl (C=O) groups is 1. The maximum Gasteiger partial charge on any atom is 0.272 e. The zero-order valence-electron chi connectivity index (χ0n) is 10.5. The van der Waals surface area contributed by atoms with E-state index in [2.05, 4.69) is 4.98 Å². The van der Waals surface area contributed by atoms with Crippen molar-refractivity contribution in [2.24, 2.45) is 11.7 Å². The van der Waals surface area contributed by atoms with Crippen molar-refractivity contribution in [3.05, 3.63) is 23.9 Å². The van der Waals surface area contributed by atoms with Gasteiger partial charge in [-0.3, -0.25) is 4.79 Å². The number of nitrogen functional groups attached to an aromatic ring is 1. The van der Waals surface area contributed by atoms with Crippen molar-refractivity contribution < 1.29 is 4.79 Å². The molecule has 0 aromatic carbocycles. The fourth-order valence-electron chi connectivity index (χ4n) is 2.45. The van der Waals surface area contributed by atoms with Gasteiger partial charge in [-0.2, -0.15) is 0 Å². The summed E-state index contributed by atoms with van der Waals surface area (Å²) in [5.74, 6) is 0.883. The summed E-state index contributed by atoms with van der Waals surface area (Å²) >= 11 is 0. The highest BCUT2D eigenvalue weighted by Gasteiger charge is 2.24. The largest absolute Gasteiger partial charge is 0.384 e. The van der Waals surface area contributed by atoms with Crippen LogP contribution in [0, 0.1) is 5.92 Å². The molecule has 1 atom stereocenters. The standard InChI is InChI=1S/C13H20N4O/c14-7-6-10-3-2-8-17(9-10)13(18)11-4-1-5-12(15)16-11/h1,4-5,10H,2-3,6-9,14H2,(H2,15,16). The monoisotopic (exact) mass is 248 g/mol. The van der Waals surface area contributed by atoms with E-state index in [4.69, 9.17) is 11.5 Å². The summed E-state index contributed by atoms with van der Waals surface area (Å²) in [6, 6.07) is 5.16. The lowest BCUT2D eigenvalue weighted by Crippen LogP contribution is -2.40. The number of amides is 1. The lowest BCUT2D eigenvalue weighted by molar-refractivity contribution is 0.0663. The predicted octanol–water partition coefficient (Wildman–Crippen LogP) is 0.865. The van der Waals surface area contributed by atoms with Gasteiger partial charge in [0.1, 0.15) is 11.5 Å². The second kappa shape index (κ2) is 5.82. The summed E-state index contributed by atoms with van der Waals surface area (Å²) in [4.78, 5) is 18.2. The number of carbonyl (C=O) groups excluding carboxylic acids is 1. The van der Waals surface area contributed by atoms with Gasteiger partial charge in [-0.05, 0) is 43.9 Å². The minimum Gasteiger partial charge on any atom is -0.384 e. The molecule has 2 rings (SSSR count). The third-order valence-electron chi connectivity index (χ3n) is 3.37. The molecule has 98 valence electrons. The van der Waals surface area contributed by atoms with Crippen LogP contribution in [0.1, 0.15) is 29.8 Å². The number of pyridine rings is 1. The van der Waals surface area contributed by atoms with Gasteiger partial charge in [0.2, 0.25) is 0 Å². The van der Waals surface area contributed by atoms with Crippen LogP contribution in [0.25, 0.3) is 0 Å². The first kappa shape index (κ1) is 12.8. The van der Waals surface area contributed by atoms with Crippen LogP contribution in [0.4, 0.5) is 5.82 Å². The number of likely N-dealkylation sites (tertiary alicyclic amines) is 1. The molecule has 5 heteroatoms. The molecule has 5 nitrogen and oxygen atoms in total. The van der Waals surface area contributed by atoms with E-state index < -0.39 is 0 Å². The second-order valence-electron chi connectivity index (χ2n) is 4.78. The minimum absolute atomic E-state index is 0.0241. The van der Waals surface area contributed by atoms with Crippen molar-refractivity contribution in [3.63, 3.8) is 0 Å². The number of piperidine rings is 1. The van der Waals surface area contributed by atoms with Crippen molar-refractivity contribution in [3.8, 4) is 0 Å². The van der Waals surface area contributed by atoms with Gasteiger partial charge in [0, 0.05) is 13.1 Å². The molecule has 1 aromatic heterocycles. The summed E-state index contributed by atoms with van der Waals surface area (Å²) in [5.41, 5.74) is 11.6. The highest BCUT2D eigenvalue weighted by atomic mass is 16.2. The van der Waals surface area contributed by atoms with Crippen molar-refractivity contribution in [2.45, 2.75) is 19.3 Å². The van der Waals surface area contributed by atoms with Gasteiger partial charge in [0.15, 0.2) is 0 Å². The summed E-state index contributed by atoms with van der Waals surface area (Å²) in [6.45, 7) is 2.27. The Kier molecular flexibility index (Phi) is 4.15. The molecule has 0 bridgehead atoms. The molecule has 1 aliphatic rings. The number of nitrogens with two attached hydrogens (primary N) is 2. The molecule has 18 heavy (non-hydrogen) atoms. The molecule has 0 saturated carbocycles. The summed E-state index contributed by atoms with van der Waals surface area (Å²) in [6.07, 6.45) is 3.18. The molecule has 1 unspecified atom stereocenters. The highest BCUT2D eigenvalue weighted by molar-refractivity contribution is 5.92. The van der Waals surface area contributed by atoms with Gasteiger partial charge in [0.05, 0.1) is 0 Å². The fourth-order valence-corrected chi connectivity index (χ4v) is 2.45. The molecule has 1 amide bonds. The molecule has 0 aliphatic carbocycles. The van der Waals surface area contributed by atoms with Crippen LogP contribution in [-0.4, -0.2) is 35.4 Å². The zero-order valence-corrected chi connectivity index (χ0v) is 10.5. The quantitative estimate of drug-likeness (QED) is 0.831. The van der Waals surface area contributed by atoms with E-state index in [0.717, 1.165) is 32.4 Å². The van der Waals surface area contributed by atoms with Crippen molar-refractivity contribution in [2.75, 3.05) is 25.4 Å². The first-order valence-corrected chi connectivity index (χ1v) is 6.42. The average molecular weight is 248 g/mol. The van der Waals surface area contributed by atoms with Gasteiger partial charge in [0.25, 0.3) is 5.91 Å². The van der Waals surface area contributed by atoms with E-state index in [1.165, 1.54) is 0 Å². The van der Waals surface area contributed by atoms with Crippen molar-refractivity contribution >= 4 is 11.7 Å². The zero-order chi connectivity index (χ0) is 13.0. The van der Waals surface area contributed by atoms with Crippen LogP contribution in [0.5, 0.6) is 0 Å². The van der Waals surface area contributed by atoms with E-state index in [-0.39, 0.29) is 5.91 Å². The number of aromatic nitrogens is 1. The normalized spacial score (nSPS) is 19.8. The van der Waals surface area contributed by atoms with Crippen LogP contribution in [0.3, 0.4) is 0 Å². The summed E-state index contributed by atoms with van der Waals surface area (Å²) in [7, 11) is 0. The Hall–Kier alpha value is -1.62. The first-order chi connectivity index (χ1) is 8.70. The van der Waals surface area contributed by atoms with Crippen LogP contribution in [-0.2, 0) is 0 Å². The molecule has 2 heterocycles. The Bertz CT molecular complexity index is 419. The molecule has 1 fully saturated rings. The van der Waals surface area contributed by atoms with Gasteiger partial charge in [-0.1, -0.05) is 6.07 Å². The Morgan fingerprint density at radius 1 is 1.50 bits per heavy atom.